The molecule has 1 amide bonds. The molecule has 0 radical (unpaired) electrons. The highest BCUT2D eigenvalue weighted by atomic mass is 79.9. The van der Waals surface area contributed by atoms with Crippen LogP contribution in [0.25, 0.3) is 0 Å². The molecule has 0 aliphatic carbocycles. The predicted molar refractivity (Wildman–Crippen MR) is 103 cm³/mol. The Balaban J connectivity index is 1.85. The molecule has 6 nitrogen and oxygen atoms in total. The lowest BCUT2D eigenvalue weighted by Gasteiger charge is -2.11. The summed E-state index contributed by atoms with van der Waals surface area (Å²) in [6.45, 7) is 0. The minimum atomic E-state index is -3.81. The lowest BCUT2D eigenvalue weighted by atomic mass is 10.2. The van der Waals surface area contributed by atoms with Crippen molar-refractivity contribution in [2.75, 3.05) is 16.8 Å². The van der Waals surface area contributed by atoms with Crippen molar-refractivity contribution in [2.24, 2.45) is 0 Å². The lowest BCUT2D eigenvalue weighted by Crippen LogP contribution is -2.23. The number of anilines is 1. The van der Waals surface area contributed by atoms with Crippen LogP contribution in [0.4, 0.5) is 5.69 Å². The summed E-state index contributed by atoms with van der Waals surface area (Å²) in [7, 11) is -7.13. The number of hydrogen-bond donors (Lipinski definition) is 1. The fourth-order valence-electron chi connectivity index (χ4n) is 2.78. The van der Waals surface area contributed by atoms with Gasteiger partial charge in [0.2, 0.25) is 0 Å². The van der Waals surface area contributed by atoms with Crippen molar-refractivity contribution in [3.8, 4) is 0 Å². The van der Waals surface area contributed by atoms with Gasteiger partial charge in [0.05, 0.1) is 21.7 Å². The minimum absolute atomic E-state index is 0.0403. The normalized spacial score (nSPS) is 19.2. The maximum absolute atomic E-state index is 12.7. The average molecular weight is 458 g/mol. The Morgan fingerprint density at radius 1 is 1.12 bits per heavy atom. The number of amides is 1. The van der Waals surface area contributed by atoms with Crippen LogP contribution in [0.1, 0.15) is 16.8 Å². The molecule has 0 saturated carbocycles. The van der Waals surface area contributed by atoms with E-state index in [1.807, 2.05) is 6.07 Å². The first-order valence-electron chi connectivity index (χ1n) is 7.79. The first kappa shape index (κ1) is 19.1. The standard InChI is InChI=1S/C17H16BrNO5S2/c18-13-4-2-5-14(10-13)19-17(20)12-3-1-6-15(9-12)26(23,24)16-7-8-25(21,22)11-16/h1-6,9-10,16H,7-8,11H2,(H,19,20)/t16-/m1/s1. The third-order valence-electron chi connectivity index (χ3n) is 4.14. The molecule has 2 aromatic carbocycles. The zero-order chi connectivity index (χ0) is 18.9. The number of sulfone groups is 2. The highest BCUT2D eigenvalue weighted by Crippen LogP contribution is 2.26. The van der Waals surface area contributed by atoms with E-state index in [0.29, 0.717) is 5.69 Å². The molecule has 1 saturated heterocycles. The molecule has 3 rings (SSSR count). The van der Waals surface area contributed by atoms with Gasteiger partial charge in [-0.15, -0.1) is 0 Å². The maximum atomic E-state index is 12.7. The van der Waals surface area contributed by atoms with Crippen LogP contribution in [-0.2, 0) is 19.7 Å². The molecule has 0 bridgehead atoms. The summed E-state index contributed by atoms with van der Waals surface area (Å²) in [5.41, 5.74) is 0.756. The van der Waals surface area contributed by atoms with Crippen molar-refractivity contribution in [1.82, 2.24) is 0 Å². The van der Waals surface area contributed by atoms with Crippen molar-refractivity contribution < 1.29 is 21.6 Å². The van der Waals surface area contributed by atoms with Crippen LogP contribution in [0.2, 0.25) is 0 Å². The molecule has 138 valence electrons. The maximum Gasteiger partial charge on any atom is 0.255 e. The summed E-state index contributed by atoms with van der Waals surface area (Å²) in [6.07, 6.45) is 0.0825. The van der Waals surface area contributed by atoms with Gasteiger partial charge in [0.1, 0.15) is 0 Å². The molecule has 0 aromatic heterocycles. The molecule has 1 heterocycles. The van der Waals surface area contributed by atoms with Gasteiger partial charge >= 0.3 is 0 Å². The molecule has 2 aromatic rings. The first-order chi connectivity index (χ1) is 12.2. The van der Waals surface area contributed by atoms with Crippen LogP contribution in [-0.4, -0.2) is 39.5 Å². The van der Waals surface area contributed by atoms with Gasteiger partial charge in [0, 0.05) is 15.7 Å². The molecule has 1 atom stereocenters. The number of carbonyl (C=O) groups is 1. The molecule has 1 aliphatic heterocycles. The van der Waals surface area contributed by atoms with Crippen LogP contribution in [0.15, 0.2) is 57.9 Å². The highest BCUT2D eigenvalue weighted by Gasteiger charge is 2.38. The number of rotatable bonds is 4. The second-order valence-electron chi connectivity index (χ2n) is 6.06. The Bertz CT molecular complexity index is 1060. The van der Waals surface area contributed by atoms with Crippen molar-refractivity contribution in [2.45, 2.75) is 16.6 Å². The Kier molecular flexibility index (Phi) is 5.23. The monoisotopic (exact) mass is 457 g/mol. The zero-order valence-corrected chi connectivity index (χ0v) is 16.8. The van der Waals surface area contributed by atoms with Crippen LogP contribution >= 0.6 is 15.9 Å². The van der Waals surface area contributed by atoms with Crippen LogP contribution < -0.4 is 5.32 Å². The Labute approximate surface area is 160 Å². The quantitative estimate of drug-likeness (QED) is 0.760. The van der Waals surface area contributed by atoms with E-state index in [9.17, 15) is 21.6 Å². The van der Waals surface area contributed by atoms with Crippen LogP contribution in [0, 0.1) is 0 Å². The van der Waals surface area contributed by atoms with E-state index in [-0.39, 0.29) is 28.4 Å². The van der Waals surface area contributed by atoms with E-state index in [2.05, 4.69) is 21.2 Å². The largest absolute Gasteiger partial charge is 0.322 e. The summed E-state index contributed by atoms with van der Waals surface area (Å²) >= 11 is 3.31. The fourth-order valence-corrected chi connectivity index (χ4v) is 7.58. The summed E-state index contributed by atoms with van der Waals surface area (Å²) in [5, 5.41) is 1.74. The molecule has 9 heteroatoms. The van der Waals surface area contributed by atoms with Gasteiger partial charge in [-0.3, -0.25) is 4.79 Å². The second kappa shape index (κ2) is 7.13. The molecule has 1 fully saturated rings. The smallest absolute Gasteiger partial charge is 0.255 e. The molecular weight excluding hydrogens is 442 g/mol. The van der Waals surface area contributed by atoms with Gasteiger partial charge < -0.3 is 5.32 Å². The Morgan fingerprint density at radius 3 is 2.50 bits per heavy atom. The summed E-state index contributed by atoms with van der Waals surface area (Å²) in [6, 6.07) is 12.7. The molecule has 0 spiro atoms. The Morgan fingerprint density at radius 2 is 1.85 bits per heavy atom. The fraction of sp³-hybridized carbons (Fsp3) is 0.235. The zero-order valence-electron chi connectivity index (χ0n) is 13.6. The van der Waals surface area contributed by atoms with E-state index in [1.165, 1.54) is 24.3 Å². The molecule has 1 N–H and O–H groups in total. The van der Waals surface area contributed by atoms with Gasteiger partial charge in [-0.25, -0.2) is 16.8 Å². The van der Waals surface area contributed by atoms with Gasteiger partial charge in [0.15, 0.2) is 19.7 Å². The number of halogens is 1. The summed E-state index contributed by atoms with van der Waals surface area (Å²) in [5.74, 6) is -0.941. The van der Waals surface area contributed by atoms with E-state index in [4.69, 9.17) is 0 Å². The Hall–Kier alpha value is -1.71. The topological polar surface area (TPSA) is 97.4 Å². The average Bonchev–Trinajstić information content (AvgIpc) is 2.96. The van der Waals surface area contributed by atoms with E-state index < -0.39 is 30.8 Å². The summed E-state index contributed by atoms with van der Waals surface area (Å²) < 4.78 is 49.4. The minimum Gasteiger partial charge on any atom is -0.322 e. The van der Waals surface area contributed by atoms with Crippen molar-refractivity contribution >= 4 is 47.2 Å². The number of benzene rings is 2. The van der Waals surface area contributed by atoms with Crippen LogP contribution in [0.5, 0.6) is 0 Å². The van der Waals surface area contributed by atoms with Crippen molar-refractivity contribution in [3.05, 3.63) is 58.6 Å². The predicted octanol–water partition coefficient (Wildman–Crippen LogP) is 2.66. The third kappa shape index (κ3) is 4.16. The van der Waals surface area contributed by atoms with Crippen LogP contribution in [0.3, 0.4) is 0 Å². The molecule has 1 aliphatic rings. The third-order valence-corrected chi connectivity index (χ3v) is 8.80. The van der Waals surface area contributed by atoms with Crippen molar-refractivity contribution in [3.63, 3.8) is 0 Å². The highest BCUT2D eigenvalue weighted by molar-refractivity contribution is 9.10. The van der Waals surface area contributed by atoms with Crippen molar-refractivity contribution in [1.29, 1.82) is 0 Å². The van der Waals surface area contributed by atoms with Gasteiger partial charge in [-0.05, 0) is 42.8 Å². The van der Waals surface area contributed by atoms with Gasteiger partial charge in [-0.1, -0.05) is 28.1 Å². The first-order valence-corrected chi connectivity index (χ1v) is 11.9. The molecule has 26 heavy (non-hydrogen) atoms. The lowest BCUT2D eigenvalue weighted by molar-refractivity contribution is 0.102. The number of carbonyl (C=O) groups excluding carboxylic acids is 1. The molecular formula is C17H16BrNO5S2. The van der Waals surface area contributed by atoms with Gasteiger partial charge in [0.25, 0.3) is 5.91 Å². The van der Waals surface area contributed by atoms with Gasteiger partial charge in [-0.2, -0.15) is 0 Å². The van der Waals surface area contributed by atoms with E-state index >= 15 is 0 Å². The number of hydrogen-bond acceptors (Lipinski definition) is 5. The SMILES string of the molecule is O=C(Nc1cccc(Br)c1)c1cccc(S(=O)(=O)[C@@H]2CCS(=O)(=O)C2)c1. The van der Waals surface area contributed by atoms with E-state index in [1.54, 1.807) is 18.2 Å². The number of nitrogens with one attached hydrogen (secondary N) is 1. The summed E-state index contributed by atoms with van der Waals surface area (Å²) in [4.78, 5) is 12.4. The second-order valence-corrected chi connectivity index (χ2v) is 11.4. The molecule has 0 unspecified atom stereocenters. The van der Waals surface area contributed by atoms with E-state index in [0.717, 1.165) is 4.47 Å².